The molecule has 2 N–H and O–H groups in total. The van der Waals surface area contributed by atoms with Crippen LogP contribution in [0, 0.1) is 0 Å². The van der Waals surface area contributed by atoms with Gasteiger partial charge in [-0.3, -0.25) is 19.2 Å². The van der Waals surface area contributed by atoms with E-state index in [0.717, 1.165) is 31.7 Å². The third-order valence-corrected chi connectivity index (χ3v) is 9.19. The van der Waals surface area contributed by atoms with Crippen molar-refractivity contribution >= 4 is 66.6 Å². The Labute approximate surface area is 259 Å². The second-order valence-corrected chi connectivity index (χ2v) is 12.1. The lowest BCUT2D eigenvalue weighted by molar-refractivity contribution is -0.137. The number of fused-ring (bicyclic) bond motifs is 2. The van der Waals surface area contributed by atoms with Crippen LogP contribution in [-0.4, -0.2) is 57.9 Å². The van der Waals surface area contributed by atoms with E-state index in [4.69, 9.17) is 19.7 Å². The number of aliphatic carboxylic acids is 2. The molecule has 44 heavy (non-hydrogen) atoms. The highest BCUT2D eigenvalue weighted by Crippen LogP contribution is 2.35. The fraction of sp³-hybridized carbons (Fsp3) is 0.250. The predicted octanol–water partition coefficient (Wildman–Crippen LogP) is 6.20. The molecule has 5 aromatic rings. The molecule has 0 aliphatic rings. The number of methoxy groups -OCH3 is 2. The lowest BCUT2D eigenvalue weighted by Crippen LogP contribution is -2.03. The van der Waals surface area contributed by atoms with E-state index in [0.29, 0.717) is 35.4 Å². The van der Waals surface area contributed by atoms with Crippen molar-refractivity contribution in [3.63, 3.8) is 0 Å². The summed E-state index contributed by atoms with van der Waals surface area (Å²) in [6, 6.07) is 15.5. The summed E-state index contributed by atoms with van der Waals surface area (Å²) >= 11 is 2.48. The van der Waals surface area contributed by atoms with Crippen molar-refractivity contribution in [2.75, 3.05) is 14.2 Å². The van der Waals surface area contributed by atoms with Gasteiger partial charge < -0.3 is 19.7 Å². The van der Waals surface area contributed by atoms with Crippen LogP contribution in [-0.2, 0) is 22.4 Å². The Morgan fingerprint density at radius 1 is 0.636 bits per heavy atom. The number of rotatable bonds is 14. The lowest BCUT2D eigenvalue weighted by atomic mass is 9.94. The number of carbonyl (C=O) groups is 4. The smallest absolute Gasteiger partial charge is 0.303 e. The molecule has 0 bridgehead atoms. The Kier molecular flexibility index (Phi) is 9.31. The van der Waals surface area contributed by atoms with Crippen molar-refractivity contribution in [3.8, 4) is 11.5 Å². The molecule has 2 aromatic heterocycles. The maximum absolute atomic E-state index is 12.5. The van der Waals surface area contributed by atoms with Crippen molar-refractivity contribution in [3.05, 3.63) is 80.8 Å². The van der Waals surface area contributed by atoms with Crippen LogP contribution in [0.2, 0.25) is 0 Å². The van der Waals surface area contributed by atoms with Crippen LogP contribution in [0.25, 0.3) is 20.4 Å². The summed E-state index contributed by atoms with van der Waals surface area (Å²) in [4.78, 5) is 55.6. The highest BCUT2D eigenvalue weighted by molar-refractivity contribution is 7.20. The summed E-state index contributed by atoms with van der Waals surface area (Å²) in [5, 5.41) is 18.4. The van der Waals surface area contributed by atoms with Gasteiger partial charge in [0.1, 0.15) is 11.5 Å². The summed E-state index contributed by atoms with van der Waals surface area (Å²) in [5.41, 5.74) is 5.17. The molecule has 0 aliphatic carbocycles. The Hall–Kier alpha value is -4.68. The minimum Gasteiger partial charge on any atom is -0.496 e. The van der Waals surface area contributed by atoms with Gasteiger partial charge in [0.2, 0.25) is 0 Å². The van der Waals surface area contributed by atoms with Crippen molar-refractivity contribution in [1.82, 2.24) is 9.97 Å². The standard InChI is InChI=1S/C32H28N2O8S2/c1-41-25-15-21-27(43-31(33-21)23(35)7-9-29(37)38)13-19(25)11-17-5-3-4-6-18(17)12-20-14-28-22(16-26(20)42-2)34-32(44-28)24(36)8-10-30(39)40/h3-6,13-16H,7-12H2,1-2H3,(H,37,38)(H,39,40). The molecule has 0 spiro atoms. The molecular formula is C32H28N2O8S2. The largest absolute Gasteiger partial charge is 0.496 e. The average molecular weight is 633 g/mol. The molecule has 0 amide bonds. The van der Waals surface area contributed by atoms with E-state index in [1.54, 1.807) is 26.4 Å². The number of aromatic nitrogens is 2. The van der Waals surface area contributed by atoms with Crippen molar-refractivity contribution in [2.24, 2.45) is 0 Å². The normalized spacial score (nSPS) is 11.1. The number of benzene rings is 3. The van der Waals surface area contributed by atoms with Crippen LogP contribution in [0.1, 0.15) is 67.5 Å². The molecule has 10 nitrogen and oxygen atoms in total. The van der Waals surface area contributed by atoms with Crippen LogP contribution < -0.4 is 9.47 Å². The first kappa shape index (κ1) is 30.8. The van der Waals surface area contributed by atoms with E-state index in [9.17, 15) is 19.2 Å². The summed E-state index contributed by atoms with van der Waals surface area (Å²) in [6.07, 6.45) is 0.392. The molecule has 0 unspecified atom stereocenters. The molecule has 3 aromatic carbocycles. The van der Waals surface area contributed by atoms with Crippen LogP contribution in [0.4, 0.5) is 0 Å². The number of hydrogen-bond donors (Lipinski definition) is 2. The number of thiazole rings is 2. The highest BCUT2D eigenvalue weighted by Gasteiger charge is 2.19. The molecule has 12 heteroatoms. The fourth-order valence-corrected chi connectivity index (χ4v) is 6.81. The second-order valence-electron chi connectivity index (χ2n) is 10.1. The summed E-state index contributed by atoms with van der Waals surface area (Å²) in [6.45, 7) is 0. The van der Waals surface area contributed by atoms with E-state index in [1.807, 2.05) is 36.4 Å². The van der Waals surface area contributed by atoms with Gasteiger partial charge in [-0.15, -0.1) is 22.7 Å². The summed E-state index contributed by atoms with van der Waals surface area (Å²) in [7, 11) is 3.16. The van der Waals surface area contributed by atoms with Gasteiger partial charge in [-0.05, 0) is 23.3 Å². The number of ketones is 2. The van der Waals surface area contributed by atoms with Crippen LogP contribution in [0.3, 0.4) is 0 Å². The zero-order valence-electron chi connectivity index (χ0n) is 23.9. The second kappa shape index (κ2) is 13.3. The van der Waals surface area contributed by atoms with E-state index in [1.165, 1.54) is 22.7 Å². The van der Waals surface area contributed by atoms with E-state index in [-0.39, 0.29) is 47.3 Å². The molecule has 0 aliphatic heterocycles. The quantitative estimate of drug-likeness (QED) is 0.135. The van der Waals surface area contributed by atoms with E-state index in [2.05, 4.69) is 9.97 Å². The third-order valence-electron chi connectivity index (χ3n) is 7.07. The molecule has 0 saturated heterocycles. The Balaban J connectivity index is 1.43. The zero-order valence-corrected chi connectivity index (χ0v) is 25.5. The Bertz CT molecular complexity index is 1770. The summed E-state index contributed by atoms with van der Waals surface area (Å²) in [5.74, 6) is -1.40. The van der Waals surface area contributed by atoms with Crippen LogP contribution in [0.5, 0.6) is 11.5 Å². The first-order valence-electron chi connectivity index (χ1n) is 13.7. The Morgan fingerprint density at radius 3 is 1.41 bits per heavy atom. The van der Waals surface area contributed by atoms with Gasteiger partial charge in [-0.2, -0.15) is 0 Å². The number of ether oxygens (including phenoxy) is 2. The number of nitrogens with zero attached hydrogens (tertiary/aromatic N) is 2. The number of carboxylic acid groups (broad SMARTS) is 2. The van der Waals surface area contributed by atoms with Crippen LogP contribution >= 0.6 is 22.7 Å². The molecule has 2 heterocycles. The minimum atomic E-state index is -1.03. The number of hydrogen-bond acceptors (Lipinski definition) is 10. The maximum Gasteiger partial charge on any atom is 0.303 e. The molecule has 0 radical (unpaired) electrons. The topological polar surface area (TPSA) is 153 Å². The number of carbonyl (C=O) groups excluding carboxylic acids is 2. The Morgan fingerprint density at radius 2 is 1.05 bits per heavy atom. The van der Waals surface area contributed by atoms with Gasteiger partial charge in [-0.25, -0.2) is 9.97 Å². The summed E-state index contributed by atoms with van der Waals surface area (Å²) < 4.78 is 13.0. The molecule has 0 atom stereocenters. The van der Waals surface area contributed by atoms with Gasteiger partial charge in [-0.1, -0.05) is 24.3 Å². The fourth-order valence-electron chi connectivity index (χ4n) is 4.86. The highest BCUT2D eigenvalue weighted by atomic mass is 32.1. The third kappa shape index (κ3) is 6.92. The van der Waals surface area contributed by atoms with Gasteiger partial charge in [0.25, 0.3) is 0 Å². The lowest BCUT2D eigenvalue weighted by Gasteiger charge is -2.14. The van der Waals surface area contributed by atoms with Gasteiger partial charge >= 0.3 is 11.9 Å². The molecule has 5 rings (SSSR count). The van der Waals surface area contributed by atoms with Gasteiger partial charge in [0, 0.05) is 48.9 Å². The van der Waals surface area contributed by atoms with Crippen molar-refractivity contribution in [1.29, 1.82) is 0 Å². The van der Waals surface area contributed by atoms with Crippen molar-refractivity contribution < 1.29 is 38.9 Å². The maximum atomic E-state index is 12.5. The number of carboxylic acids is 2. The molecule has 0 saturated carbocycles. The first-order valence-corrected chi connectivity index (χ1v) is 15.3. The molecular weight excluding hydrogens is 604 g/mol. The zero-order chi connectivity index (χ0) is 31.4. The predicted molar refractivity (Wildman–Crippen MR) is 167 cm³/mol. The minimum absolute atomic E-state index is 0.106. The van der Waals surface area contributed by atoms with Gasteiger partial charge in [0.15, 0.2) is 21.6 Å². The van der Waals surface area contributed by atoms with E-state index >= 15 is 0 Å². The van der Waals surface area contributed by atoms with Crippen molar-refractivity contribution in [2.45, 2.75) is 38.5 Å². The first-order chi connectivity index (χ1) is 21.1. The molecule has 0 fully saturated rings. The van der Waals surface area contributed by atoms with Gasteiger partial charge in [0.05, 0.1) is 47.5 Å². The monoisotopic (exact) mass is 632 g/mol. The number of Topliss-reactive ketones (excluding diaryl/α,β-unsaturated/α-hetero) is 2. The van der Waals surface area contributed by atoms with Crippen LogP contribution in [0.15, 0.2) is 48.5 Å². The van der Waals surface area contributed by atoms with E-state index < -0.39 is 11.9 Å². The molecule has 226 valence electrons. The SMILES string of the molecule is COc1cc2nc(C(=O)CCC(=O)O)sc2cc1Cc1ccccc1Cc1cc2sc(C(=O)CCC(=O)O)nc2cc1OC. The average Bonchev–Trinajstić information content (AvgIpc) is 3.62.